The lowest BCUT2D eigenvalue weighted by Crippen LogP contribution is -2.39. The van der Waals surface area contributed by atoms with Gasteiger partial charge in [0.2, 0.25) is 5.91 Å². The maximum atomic E-state index is 12.4. The summed E-state index contributed by atoms with van der Waals surface area (Å²) in [5, 5.41) is 7.36. The predicted octanol–water partition coefficient (Wildman–Crippen LogP) is 2.38. The molecule has 0 aromatic carbocycles. The lowest BCUT2D eigenvalue weighted by Gasteiger charge is -2.32. The normalized spacial score (nSPS) is 26.2. The number of likely N-dealkylation sites (tertiary alicyclic amines) is 1. The van der Waals surface area contributed by atoms with Gasteiger partial charge in [-0.1, -0.05) is 0 Å². The second-order valence-electron chi connectivity index (χ2n) is 6.33. The Kier molecular flexibility index (Phi) is 4.58. The van der Waals surface area contributed by atoms with Gasteiger partial charge in [0.1, 0.15) is 0 Å². The van der Waals surface area contributed by atoms with Gasteiger partial charge < -0.3 is 9.64 Å². The molecule has 3 heterocycles. The molecule has 3 rings (SSSR count). The number of nitrogens with zero attached hydrogens (tertiary/aromatic N) is 2. The van der Waals surface area contributed by atoms with E-state index >= 15 is 0 Å². The van der Waals surface area contributed by atoms with Gasteiger partial charge in [0.05, 0.1) is 11.8 Å². The van der Waals surface area contributed by atoms with E-state index in [1.165, 1.54) is 0 Å². The third-order valence-electron chi connectivity index (χ3n) is 4.62. The van der Waals surface area contributed by atoms with Crippen LogP contribution in [-0.2, 0) is 9.53 Å². The highest BCUT2D eigenvalue weighted by atomic mass is 16.5. The molecule has 0 bridgehead atoms. The van der Waals surface area contributed by atoms with Crippen LogP contribution in [-0.4, -0.2) is 46.8 Å². The Hall–Kier alpha value is -1.36. The molecule has 5 heteroatoms. The molecule has 21 heavy (non-hydrogen) atoms. The van der Waals surface area contributed by atoms with Crippen LogP contribution in [0.3, 0.4) is 0 Å². The van der Waals surface area contributed by atoms with Gasteiger partial charge in [-0.05, 0) is 45.1 Å². The van der Waals surface area contributed by atoms with Crippen molar-refractivity contribution in [3.05, 3.63) is 17.5 Å². The fourth-order valence-corrected chi connectivity index (χ4v) is 3.41. The van der Waals surface area contributed by atoms with E-state index in [0.29, 0.717) is 18.4 Å². The minimum atomic E-state index is 0.280. The Bertz CT molecular complexity index is 480. The molecule has 0 saturated carbocycles. The number of H-pyrrole nitrogens is 1. The van der Waals surface area contributed by atoms with Gasteiger partial charge in [0.15, 0.2) is 0 Å². The summed E-state index contributed by atoms with van der Waals surface area (Å²) in [5.74, 6) is 0.665. The number of aryl methyl sites for hydroxylation is 1. The van der Waals surface area contributed by atoms with Crippen LogP contribution in [0.5, 0.6) is 0 Å². The Labute approximate surface area is 126 Å². The summed E-state index contributed by atoms with van der Waals surface area (Å²) in [6, 6.07) is 2.10. The molecule has 116 valence electrons. The van der Waals surface area contributed by atoms with E-state index in [1.54, 1.807) is 0 Å². The second-order valence-corrected chi connectivity index (χ2v) is 6.33. The number of piperidine rings is 1. The highest BCUT2D eigenvalue weighted by molar-refractivity contribution is 5.76. The summed E-state index contributed by atoms with van der Waals surface area (Å²) >= 11 is 0. The molecule has 1 N–H and O–H groups in total. The van der Waals surface area contributed by atoms with Crippen molar-refractivity contribution in [2.45, 2.75) is 57.5 Å². The number of rotatable bonds is 4. The van der Waals surface area contributed by atoms with Crippen molar-refractivity contribution < 1.29 is 9.53 Å². The third-order valence-corrected chi connectivity index (χ3v) is 4.62. The number of amides is 1. The monoisotopic (exact) mass is 291 g/mol. The maximum absolute atomic E-state index is 12.4. The molecule has 0 aliphatic carbocycles. The molecule has 2 atom stereocenters. The standard InChI is InChI=1S/C16H25N3O2/c1-12-10-15(18-17-12)13-4-2-8-19(11-13)16(20)7-6-14-5-3-9-21-14/h10,13-14H,2-9,11H2,1H3,(H,17,18)/t13-,14+/m0/s1. The van der Waals surface area contributed by atoms with Crippen molar-refractivity contribution in [3.8, 4) is 0 Å². The Morgan fingerprint density at radius 2 is 2.38 bits per heavy atom. The lowest BCUT2D eigenvalue weighted by atomic mass is 9.94. The van der Waals surface area contributed by atoms with Crippen molar-refractivity contribution >= 4 is 5.91 Å². The first-order valence-electron chi connectivity index (χ1n) is 8.13. The average molecular weight is 291 g/mol. The van der Waals surface area contributed by atoms with Gasteiger partial charge in [0, 0.05) is 37.7 Å². The molecule has 1 amide bonds. The minimum Gasteiger partial charge on any atom is -0.378 e. The molecule has 2 fully saturated rings. The van der Waals surface area contributed by atoms with Crippen LogP contribution in [0, 0.1) is 6.92 Å². The molecule has 5 nitrogen and oxygen atoms in total. The summed E-state index contributed by atoms with van der Waals surface area (Å²) in [7, 11) is 0. The van der Waals surface area contributed by atoms with Crippen molar-refractivity contribution in [1.82, 2.24) is 15.1 Å². The van der Waals surface area contributed by atoms with E-state index in [4.69, 9.17) is 4.74 Å². The summed E-state index contributed by atoms with van der Waals surface area (Å²) in [6.07, 6.45) is 6.26. The van der Waals surface area contributed by atoms with Gasteiger partial charge >= 0.3 is 0 Å². The number of ether oxygens (including phenoxy) is 1. The van der Waals surface area contributed by atoms with E-state index in [0.717, 1.165) is 63.2 Å². The van der Waals surface area contributed by atoms with Crippen molar-refractivity contribution in [3.63, 3.8) is 0 Å². The van der Waals surface area contributed by atoms with E-state index in [9.17, 15) is 4.79 Å². The van der Waals surface area contributed by atoms with Gasteiger partial charge in [-0.3, -0.25) is 9.89 Å². The Morgan fingerprint density at radius 3 is 3.10 bits per heavy atom. The lowest BCUT2D eigenvalue weighted by molar-refractivity contribution is -0.133. The number of nitrogens with one attached hydrogen (secondary N) is 1. The minimum absolute atomic E-state index is 0.280. The van der Waals surface area contributed by atoms with Crippen LogP contribution in [0.4, 0.5) is 0 Å². The van der Waals surface area contributed by atoms with Crippen molar-refractivity contribution in [1.29, 1.82) is 0 Å². The van der Waals surface area contributed by atoms with E-state index in [1.807, 2.05) is 11.8 Å². The second kappa shape index (κ2) is 6.60. The largest absolute Gasteiger partial charge is 0.378 e. The summed E-state index contributed by atoms with van der Waals surface area (Å²) < 4.78 is 5.60. The SMILES string of the molecule is Cc1cc([C@H]2CCCN(C(=O)CC[C@H]3CCCO3)C2)n[nH]1. The number of aromatic amines is 1. The molecule has 1 aromatic heterocycles. The molecule has 0 unspecified atom stereocenters. The molecular weight excluding hydrogens is 266 g/mol. The van der Waals surface area contributed by atoms with Crippen LogP contribution in [0.25, 0.3) is 0 Å². The zero-order valence-corrected chi connectivity index (χ0v) is 12.8. The average Bonchev–Trinajstić information content (AvgIpc) is 3.16. The smallest absolute Gasteiger partial charge is 0.222 e. The number of hydrogen-bond acceptors (Lipinski definition) is 3. The van der Waals surface area contributed by atoms with E-state index < -0.39 is 0 Å². The van der Waals surface area contributed by atoms with Gasteiger partial charge in [-0.15, -0.1) is 0 Å². The molecular formula is C16H25N3O2. The molecule has 0 radical (unpaired) electrons. The predicted molar refractivity (Wildman–Crippen MR) is 80.1 cm³/mol. The van der Waals surface area contributed by atoms with Crippen LogP contribution >= 0.6 is 0 Å². The summed E-state index contributed by atoms with van der Waals surface area (Å²) in [6.45, 7) is 4.59. The zero-order valence-electron chi connectivity index (χ0n) is 12.8. The van der Waals surface area contributed by atoms with Crippen LogP contribution < -0.4 is 0 Å². The van der Waals surface area contributed by atoms with Gasteiger partial charge in [-0.2, -0.15) is 5.10 Å². The van der Waals surface area contributed by atoms with E-state index in [2.05, 4.69) is 16.3 Å². The number of carbonyl (C=O) groups excluding carboxylic acids is 1. The molecule has 0 spiro atoms. The Morgan fingerprint density at radius 1 is 1.48 bits per heavy atom. The quantitative estimate of drug-likeness (QED) is 0.926. The zero-order chi connectivity index (χ0) is 14.7. The topological polar surface area (TPSA) is 58.2 Å². The third kappa shape index (κ3) is 3.64. The van der Waals surface area contributed by atoms with Gasteiger partial charge in [0.25, 0.3) is 0 Å². The molecule has 2 aliphatic heterocycles. The Balaban J connectivity index is 1.51. The first-order valence-corrected chi connectivity index (χ1v) is 8.13. The highest BCUT2D eigenvalue weighted by Gasteiger charge is 2.26. The highest BCUT2D eigenvalue weighted by Crippen LogP contribution is 2.27. The molecule has 2 aliphatic rings. The number of carbonyl (C=O) groups is 1. The van der Waals surface area contributed by atoms with E-state index in [-0.39, 0.29) is 5.91 Å². The van der Waals surface area contributed by atoms with Gasteiger partial charge in [-0.25, -0.2) is 0 Å². The van der Waals surface area contributed by atoms with Crippen molar-refractivity contribution in [2.24, 2.45) is 0 Å². The fraction of sp³-hybridized carbons (Fsp3) is 0.750. The summed E-state index contributed by atoms with van der Waals surface area (Å²) in [5.41, 5.74) is 2.19. The number of hydrogen-bond donors (Lipinski definition) is 1. The maximum Gasteiger partial charge on any atom is 0.222 e. The van der Waals surface area contributed by atoms with Crippen LogP contribution in [0.2, 0.25) is 0 Å². The van der Waals surface area contributed by atoms with Crippen molar-refractivity contribution in [2.75, 3.05) is 19.7 Å². The van der Waals surface area contributed by atoms with Crippen LogP contribution in [0.1, 0.15) is 55.8 Å². The number of aromatic nitrogens is 2. The molecule has 2 saturated heterocycles. The molecule has 1 aromatic rings. The fourth-order valence-electron chi connectivity index (χ4n) is 3.41. The van der Waals surface area contributed by atoms with Crippen LogP contribution in [0.15, 0.2) is 6.07 Å². The summed E-state index contributed by atoms with van der Waals surface area (Å²) in [4.78, 5) is 14.4. The first-order chi connectivity index (χ1) is 10.2. The first kappa shape index (κ1) is 14.6.